The van der Waals surface area contributed by atoms with Gasteiger partial charge in [-0.2, -0.15) is 18.3 Å². The zero-order valence-corrected chi connectivity index (χ0v) is 11.8. The van der Waals surface area contributed by atoms with Crippen LogP contribution in [0, 0.1) is 5.82 Å². The van der Waals surface area contributed by atoms with E-state index in [4.69, 9.17) is 0 Å². The van der Waals surface area contributed by atoms with E-state index in [9.17, 15) is 22.4 Å². The molecule has 10 heteroatoms. The molecule has 1 amide bonds. The molecular weight excluding hydrogens is 330 g/mol. The molecule has 0 aliphatic heterocycles. The third kappa shape index (κ3) is 3.12. The number of carbonyl (C=O) groups is 1. The van der Waals surface area contributed by atoms with E-state index in [0.29, 0.717) is 11.8 Å². The number of benzene rings is 1. The molecule has 124 valence electrons. The second kappa shape index (κ2) is 5.80. The zero-order valence-electron chi connectivity index (χ0n) is 11.8. The van der Waals surface area contributed by atoms with Crippen molar-refractivity contribution >= 4 is 11.6 Å². The van der Waals surface area contributed by atoms with E-state index in [1.807, 2.05) is 5.10 Å². The Kier molecular flexibility index (Phi) is 3.80. The van der Waals surface area contributed by atoms with Crippen LogP contribution in [-0.2, 0) is 6.18 Å². The Hall–Kier alpha value is -3.17. The summed E-state index contributed by atoms with van der Waals surface area (Å²) < 4.78 is 53.0. The lowest BCUT2D eigenvalue weighted by Crippen LogP contribution is -2.13. The van der Waals surface area contributed by atoms with Crippen molar-refractivity contribution in [1.29, 1.82) is 0 Å². The van der Waals surface area contributed by atoms with Crippen molar-refractivity contribution in [2.75, 3.05) is 5.32 Å². The minimum absolute atomic E-state index is 0.174. The highest BCUT2D eigenvalue weighted by atomic mass is 19.4. The van der Waals surface area contributed by atoms with Crippen LogP contribution in [0.5, 0.6) is 0 Å². The second-order valence-electron chi connectivity index (χ2n) is 4.75. The van der Waals surface area contributed by atoms with Gasteiger partial charge in [-0.25, -0.2) is 9.37 Å². The van der Waals surface area contributed by atoms with E-state index < -0.39 is 29.3 Å². The van der Waals surface area contributed by atoms with Crippen molar-refractivity contribution in [3.63, 3.8) is 0 Å². The normalized spacial score (nSPS) is 11.5. The molecule has 3 aromatic rings. The average Bonchev–Trinajstić information content (AvgIpc) is 3.20. The highest BCUT2D eigenvalue weighted by Gasteiger charge is 2.34. The van der Waals surface area contributed by atoms with Gasteiger partial charge >= 0.3 is 6.18 Å². The monoisotopic (exact) mass is 339 g/mol. The Morgan fingerprint density at radius 2 is 2.04 bits per heavy atom. The molecule has 0 radical (unpaired) electrons. The molecule has 0 atom stereocenters. The molecule has 0 saturated heterocycles. The minimum atomic E-state index is -4.67. The van der Waals surface area contributed by atoms with Crippen LogP contribution in [0.3, 0.4) is 0 Å². The van der Waals surface area contributed by atoms with Crippen LogP contribution in [0.1, 0.15) is 16.2 Å². The topological polar surface area (TPSA) is 75.6 Å². The fraction of sp³-hybridized carbons (Fsp3) is 0.0714. The molecular formula is C14H9F4N5O. The van der Waals surface area contributed by atoms with E-state index in [-0.39, 0.29) is 5.69 Å². The first-order valence-corrected chi connectivity index (χ1v) is 6.56. The molecule has 2 aromatic heterocycles. The van der Waals surface area contributed by atoms with Crippen LogP contribution in [0.25, 0.3) is 5.69 Å². The lowest BCUT2D eigenvalue weighted by molar-refractivity contribution is -0.141. The Morgan fingerprint density at radius 1 is 1.25 bits per heavy atom. The number of nitrogens with one attached hydrogen (secondary N) is 2. The van der Waals surface area contributed by atoms with E-state index >= 15 is 0 Å². The van der Waals surface area contributed by atoms with Crippen molar-refractivity contribution in [2.45, 2.75) is 6.18 Å². The Bertz CT molecular complexity index is 870. The van der Waals surface area contributed by atoms with Gasteiger partial charge in [0.05, 0.1) is 12.0 Å². The number of rotatable bonds is 3. The maximum atomic E-state index is 14.1. The predicted octanol–water partition coefficient (Wildman–Crippen LogP) is 3.01. The van der Waals surface area contributed by atoms with Gasteiger partial charge < -0.3 is 9.88 Å². The number of aromatic amines is 1. The lowest BCUT2D eigenvalue weighted by atomic mass is 10.2. The number of imidazole rings is 1. The van der Waals surface area contributed by atoms with Gasteiger partial charge in [0, 0.05) is 30.2 Å². The van der Waals surface area contributed by atoms with Gasteiger partial charge in [-0.15, -0.1) is 0 Å². The molecule has 3 rings (SSSR count). The zero-order chi connectivity index (χ0) is 17.3. The van der Waals surface area contributed by atoms with E-state index in [0.717, 1.165) is 6.07 Å². The molecule has 0 saturated carbocycles. The standard InChI is InChI=1S/C14H9F4N5O/c15-9-5-8(23-4-3-19-7-23)1-2-10(9)20-13(24)11-6-12(22-21-11)14(16,17)18/h1-7H,(H,20,24)(H,21,22). The highest BCUT2D eigenvalue weighted by molar-refractivity contribution is 6.03. The summed E-state index contributed by atoms with van der Waals surface area (Å²) in [5, 5.41) is 7.16. The van der Waals surface area contributed by atoms with E-state index in [1.54, 1.807) is 10.8 Å². The van der Waals surface area contributed by atoms with E-state index in [1.165, 1.54) is 24.7 Å². The average molecular weight is 339 g/mol. The quantitative estimate of drug-likeness (QED) is 0.720. The predicted molar refractivity (Wildman–Crippen MR) is 75.1 cm³/mol. The number of aromatic nitrogens is 4. The summed E-state index contributed by atoms with van der Waals surface area (Å²) in [6.45, 7) is 0. The highest BCUT2D eigenvalue weighted by Crippen LogP contribution is 2.28. The van der Waals surface area contributed by atoms with Crippen LogP contribution in [-0.4, -0.2) is 25.7 Å². The maximum absolute atomic E-state index is 14.1. The van der Waals surface area contributed by atoms with Crippen LogP contribution in [0.15, 0.2) is 43.0 Å². The van der Waals surface area contributed by atoms with Gasteiger partial charge in [0.1, 0.15) is 11.5 Å². The fourth-order valence-electron chi connectivity index (χ4n) is 1.95. The Morgan fingerprint density at radius 3 is 2.62 bits per heavy atom. The number of alkyl halides is 3. The largest absolute Gasteiger partial charge is 0.435 e. The number of anilines is 1. The van der Waals surface area contributed by atoms with Gasteiger partial charge in [-0.05, 0) is 12.1 Å². The van der Waals surface area contributed by atoms with E-state index in [2.05, 4.69) is 15.4 Å². The molecule has 24 heavy (non-hydrogen) atoms. The molecule has 2 N–H and O–H groups in total. The van der Waals surface area contributed by atoms with Crippen molar-refractivity contribution in [3.05, 3.63) is 60.2 Å². The summed E-state index contributed by atoms with van der Waals surface area (Å²) in [5.41, 5.74) is -1.36. The first-order chi connectivity index (χ1) is 11.3. The first kappa shape index (κ1) is 15.7. The number of H-pyrrole nitrogens is 1. The first-order valence-electron chi connectivity index (χ1n) is 6.56. The van der Waals surface area contributed by atoms with Gasteiger partial charge in [0.2, 0.25) is 0 Å². The van der Waals surface area contributed by atoms with Crippen molar-refractivity contribution in [3.8, 4) is 5.69 Å². The number of nitrogens with zero attached hydrogens (tertiary/aromatic N) is 3. The van der Waals surface area contributed by atoms with Crippen molar-refractivity contribution < 1.29 is 22.4 Å². The van der Waals surface area contributed by atoms with Crippen LogP contribution >= 0.6 is 0 Å². The van der Waals surface area contributed by atoms with Gasteiger partial charge in [-0.1, -0.05) is 0 Å². The lowest BCUT2D eigenvalue weighted by Gasteiger charge is -2.08. The SMILES string of the molecule is O=C(Nc1ccc(-n2ccnc2)cc1F)c1cc(C(F)(F)F)n[nH]1. The molecule has 1 aromatic carbocycles. The van der Waals surface area contributed by atoms with Gasteiger partial charge in [0.25, 0.3) is 5.91 Å². The Labute approximate surface area is 132 Å². The van der Waals surface area contributed by atoms with Gasteiger partial charge in [0.15, 0.2) is 5.69 Å². The minimum Gasteiger partial charge on any atom is -0.318 e. The second-order valence-corrected chi connectivity index (χ2v) is 4.75. The van der Waals surface area contributed by atoms with Crippen LogP contribution < -0.4 is 5.32 Å². The number of carbonyl (C=O) groups excluding carboxylic acids is 1. The molecule has 0 spiro atoms. The Balaban J connectivity index is 1.78. The molecule has 6 nitrogen and oxygen atoms in total. The van der Waals surface area contributed by atoms with Gasteiger partial charge in [-0.3, -0.25) is 9.89 Å². The van der Waals surface area contributed by atoms with Crippen LogP contribution in [0.2, 0.25) is 0 Å². The number of hydrogen-bond donors (Lipinski definition) is 2. The molecule has 0 aliphatic carbocycles. The summed E-state index contributed by atoms with van der Waals surface area (Å²) in [5.74, 6) is -1.68. The summed E-state index contributed by atoms with van der Waals surface area (Å²) in [4.78, 5) is 15.7. The third-order valence-electron chi connectivity index (χ3n) is 3.12. The molecule has 0 fully saturated rings. The third-order valence-corrected chi connectivity index (χ3v) is 3.12. The van der Waals surface area contributed by atoms with Crippen molar-refractivity contribution in [1.82, 2.24) is 19.7 Å². The molecule has 0 unspecified atom stereocenters. The summed E-state index contributed by atoms with van der Waals surface area (Å²) in [7, 11) is 0. The number of halogens is 4. The maximum Gasteiger partial charge on any atom is 0.435 e. The molecule has 0 bridgehead atoms. The number of amides is 1. The summed E-state index contributed by atoms with van der Waals surface area (Å²) in [6.07, 6.45) is -0.0800. The molecule has 0 aliphatic rings. The molecule has 2 heterocycles. The summed E-state index contributed by atoms with van der Waals surface area (Å²) in [6, 6.07) is 4.52. The smallest absolute Gasteiger partial charge is 0.318 e. The fourth-order valence-corrected chi connectivity index (χ4v) is 1.95. The van der Waals surface area contributed by atoms with Crippen LogP contribution in [0.4, 0.5) is 23.2 Å². The number of hydrogen-bond acceptors (Lipinski definition) is 3. The summed E-state index contributed by atoms with van der Waals surface area (Å²) >= 11 is 0. The van der Waals surface area contributed by atoms with Crippen molar-refractivity contribution in [2.24, 2.45) is 0 Å².